The van der Waals surface area contributed by atoms with Crippen molar-refractivity contribution in [3.05, 3.63) is 0 Å². The van der Waals surface area contributed by atoms with Gasteiger partial charge in [-0.3, -0.25) is 4.79 Å². The highest BCUT2D eigenvalue weighted by atomic mass is 16.3. The molecule has 0 spiro atoms. The molecule has 0 radical (unpaired) electrons. The standard InChI is InChI=1S/C15H31NO2/c1-11(14(3,4)5)8-13(18)16-10-15(6,7)9-12(2)17/h11-12,17H,8-10H2,1-7H3,(H,16,18). The third kappa shape index (κ3) is 7.70. The van der Waals surface area contributed by atoms with Crippen LogP contribution in [0.15, 0.2) is 0 Å². The Morgan fingerprint density at radius 1 is 1.17 bits per heavy atom. The molecule has 2 atom stereocenters. The van der Waals surface area contributed by atoms with Crippen molar-refractivity contribution in [1.29, 1.82) is 0 Å². The van der Waals surface area contributed by atoms with Crippen molar-refractivity contribution in [3.8, 4) is 0 Å². The van der Waals surface area contributed by atoms with Gasteiger partial charge in [-0.2, -0.15) is 0 Å². The Morgan fingerprint density at radius 2 is 1.67 bits per heavy atom. The predicted molar refractivity (Wildman–Crippen MR) is 76.3 cm³/mol. The molecule has 2 N–H and O–H groups in total. The van der Waals surface area contributed by atoms with Crippen LogP contribution >= 0.6 is 0 Å². The number of amides is 1. The second kappa shape index (κ2) is 6.55. The van der Waals surface area contributed by atoms with E-state index in [2.05, 4.69) is 46.9 Å². The van der Waals surface area contributed by atoms with E-state index in [1.54, 1.807) is 6.92 Å². The smallest absolute Gasteiger partial charge is 0.220 e. The zero-order valence-corrected chi connectivity index (χ0v) is 13.1. The molecule has 3 nitrogen and oxygen atoms in total. The van der Waals surface area contributed by atoms with Crippen LogP contribution in [0.5, 0.6) is 0 Å². The number of carbonyl (C=O) groups is 1. The number of hydrogen-bond donors (Lipinski definition) is 2. The minimum Gasteiger partial charge on any atom is -0.393 e. The lowest BCUT2D eigenvalue weighted by atomic mass is 9.80. The summed E-state index contributed by atoms with van der Waals surface area (Å²) < 4.78 is 0. The minimum atomic E-state index is -0.328. The molecule has 0 aromatic carbocycles. The fraction of sp³-hybridized carbons (Fsp3) is 0.933. The molecule has 108 valence electrons. The molecule has 0 bridgehead atoms. The lowest BCUT2D eigenvalue weighted by Gasteiger charge is -2.29. The molecule has 3 heteroatoms. The monoisotopic (exact) mass is 257 g/mol. The van der Waals surface area contributed by atoms with Crippen LogP contribution in [-0.4, -0.2) is 23.7 Å². The van der Waals surface area contributed by atoms with Gasteiger partial charge in [0.1, 0.15) is 0 Å². The maximum Gasteiger partial charge on any atom is 0.220 e. The lowest BCUT2D eigenvalue weighted by molar-refractivity contribution is -0.123. The quantitative estimate of drug-likeness (QED) is 0.768. The van der Waals surface area contributed by atoms with E-state index in [1.807, 2.05) is 0 Å². The molecule has 0 saturated carbocycles. The minimum absolute atomic E-state index is 0.0607. The van der Waals surface area contributed by atoms with Crippen molar-refractivity contribution in [2.45, 2.75) is 67.4 Å². The number of nitrogens with one attached hydrogen (secondary N) is 1. The summed E-state index contributed by atoms with van der Waals surface area (Å²) in [4.78, 5) is 11.9. The van der Waals surface area contributed by atoms with Crippen LogP contribution in [0.25, 0.3) is 0 Å². The zero-order chi connectivity index (χ0) is 14.6. The Hall–Kier alpha value is -0.570. The molecule has 0 heterocycles. The summed E-state index contributed by atoms with van der Waals surface area (Å²) in [5.74, 6) is 0.466. The molecule has 0 aromatic rings. The molecular formula is C15H31NO2. The van der Waals surface area contributed by atoms with Crippen molar-refractivity contribution in [2.24, 2.45) is 16.7 Å². The highest BCUT2D eigenvalue weighted by molar-refractivity contribution is 5.76. The second-order valence-electron chi connectivity index (χ2n) is 7.47. The Kier molecular flexibility index (Phi) is 6.35. The van der Waals surface area contributed by atoms with E-state index < -0.39 is 0 Å². The van der Waals surface area contributed by atoms with E-state index in [1.165, 1.54) is 0 Å². The first-order valence-electron chi connectivity index (χ1n) is 6.89. The summed E-state index contributed by atoms with van der Waals surface area (Å²) in [6, 6.07) is 0. The predicted octanol–water partition coefficient (Wildman–Crippen LogP) is 2.97. The molecule has 0 aliphatic heterocycles. The summed E-state index contributed by atoms with van der Waals surface area (Å²) in [6.45, 7) is 15.1. The van der Waals surface area contributed by atoms with Crippen molar-refractivity contribution >= 4 is 5.91 Å². The van der Waals surface area contributed by atoms with Crippen molar-refractivity contribution in [2.75, 3.05) is 6.54 Å². The summed E-state index contributed by atoms with van der Waals surface area (Å²) in [7, 11) is 0. The molecule has 0 aromatic heterocycles. The van der Waals surface area contributed by atoms with Gasteiger partial charge in [0.05, 0.1) is 6.10 Å². The molecular weight excluding hydrogens is 226 g/mol. The largest absolute Gasteiger partial charge is 0.393 e. The molecule has 2 unspecified atom stereocenters. The number of aliphatic hydroxyl groups is 1. The molecule has 1 amide bonds. The van der Waals surface area contributed by atoms with E-state index in [9.17, 15) is 9.90 Å². The van der Waals surface area contributed by atoms with E-state index in [4.69, 9.17) is 0 Å². The topological polar surface area (TPSA) is 49.3 Å². The van der Waals surface area contributed by atoms with Crippen LogP contribution in [0.4, 0.5) is 0 Å². The number of carbonyl (C=O) groups excluding carboxylic acids is 1. The normalized spacial score (nSPS) is 16.2. The van der Waals surface area contributed by atoms with Gasteiger partial charge in [0, 0.05) is 13.0 Å². The Labute approximate surface area is 112 Å². The highest BCUT2D eigenvalue weighted by Crippen LogP contribution is 2.28. The van der Waals surface area contributed by atoms with Gasteiger partial charge in [0.25, 0.3) is 0 Å². The fourth-order valence-electron chi connectivity index (χ4n) is 1.87. The van der Waals surface area contributed by atoms with Gasteiger partial charge in [0.2, 0.25) is 5.91 Å². The maximum atomic E-state index is 11.9. The Morgan fingerprint density at radius 3 is 2.06 bits per heavy atom. The van der Waals surface area contributed by atoms with Gasteiger partial charge >= 0.3 is 0 Å². The first kappa shape index (κ1) is 17.4. The Balaban J connectivity index is 4.12. The number of aliphatic hydroxyl groups excluding tert-OH is 1. The lowest BCUT2D eigenvalue weighted by Crippen LogP contribution is -2.37. The van der Waals surface area contributed by atoms with E-state index in [0.29, 0.717) is 25.3 Å². The van der Waals surface area contributed by atoms with Gasteiger partial charge in [-0.1, -0.05) is 41.5 Å². The second-order valence-corrected chi connectivity index (χ2v) is 7.47. The van der Waals surface area contributed by atoms with E-state index in [0.717, 1.165) is 0 Å². The molecule has 0 rings (SSSR count). The van der Waals surface area contributed by atoms with Gasteiger partial charge in [-0.15, -0.1) is 0 Å². The molecule has 0 saturated heterocycles. The average Bonchev–Trinajstić information content (AvgIpc) is 2.11. The summed E-state index contributed by atoms with van der Waals surface area (Å²) in [5.41, 5.74) is 0.0985. The van der Waals surface area contributed by atoms with Crippen LogP contribution in [-0.2, 0) is 4.79 Å². The van der Waals surface area contributed by atoms with Crippen LogP contribution in [0.3, 0.4) is 0 Å². The van der Waals surface area contributed by atoms with Gasteiger partial charge in [0.15, 0.2) is 0 Å². The van der Waals surface area contributed by atoms with Crippen LogP contribution in [0, 0.1) is 16.7 Å². The van der Waals surface area contributed by atoms with Crippen LogP contribution in [0.1, 0.15) is 61.3 Å². The number of hydrogen-bond acceptors (Lipinski definition) is 2. The third-order valence-electron chi connectivity index (χ3n) is 3.58. The highest BCUT2D eigenvalue weighted by Gasteiger charge is 2.24. The van der Waals surface area contributed by atoms with Crippen molar-refractivity contribution < 1.29 is 9.90 Å². The van der Waals surface area contributed by atoms with Crippen molar-refractivity contribution in [3.63, 3.8) is 0 Å². The first-order chi connectivity index (χ1) is 7.94. The van der Waals surface area contributed by atoms with Gasteiger partial charge < -0.3 is 10.4 Å². The average molecular weight is 257 g/mol. The van der Waals surface area contributed by atoms with E-state index >= 15 is 0 Å². The summed E-state index contributed by atoms with van der Waals surface area (Å²) in [5, 5.41) is 12.4. The summed E-state index contributed by atoms with van der Waals surface area (Å²) >= 11 is 0. The Bertz CT molecular complexity index is 264. The first-order valence-corrected chi connectivity index (χ1v) is 6.89. The molecule has 0 aliphatic carbocycles. The summed E-state index contributed by atoms with van der Waals surface area (Å²) in [6.07, 6.45) is 0.932. The maximum absolute atomic E-state index is 11.9. The van der Waals surface area contributed by atoms with E-state index in [-0.39, 0.29) is 22.8 Å². The van der Waals surface area contributed by atoms with Gasteiger partial charge in [-0.05, 0) is 30.1 Å². The zero-order valence-electron chi connectivity index (χ0n) is 13.1. The van der Waals surface area contributed by atoms with Crippen molar-refractivity contribution in [1.82, 2.24) is 5.32 Å². The number of rotatable bonds is 6. The fourth-order valence-corrected chi connectivity index (χ4v) is 1.87. The molecule has 0 fully saturated rings. The molecule has 18 heavy (non-hydrogen) atoms. The van der Waals surface area contributed by atoms with Crippen LogP contribution < -0.4 is 5.32 Å². The van der Waals surface area contributed by atoms with Crippen LogP contribution in [0.2, 0.25) is 0 Å². The molecule has 0 aliphatic rings. The third-order valence-corrected chi connectivity index (χ3v) is 3.58. The SMILES string of the molecule is CC(O)CC(C)(C)CNC(=O)CC(C)C(C)(C)C. The van der Waals surface area contributed by atoms with Gasteiger partial charge in [-0.25, -0.2) is 0 Å².